The Kier molecular flexibility index (Phi) is 6.65. The highest BCUT2D eigenvalue weighted by molar-refractivity contribution is 5.96. The largest absolute Gasteiger partial charge is 0.490 e. The zero-order valence-corrected chi connectivity index (χ0v) is 17.8. The predicted octanol–water partition coefficient (Wildman–Crippen LogP) is 4.55. The standard InChI is InChI=1S/C25H25N3O4/c1-2-31-21-5-3-4-6-22(21)32-23-14-7-17(15-26-23)16-27-24(29)18-10-12-20(13-11-18)28-25(30)19-8-9-19/h3-7,10-15,19H,2,8-9,16H2,1H3,(H,27,29)(H,28,30). The van der Waals surface area contributed by atoms with Gasteiger partial charge in [0.15, 0.2) is 11.5 Å². The Morgan fingerprint density at radius 3 is 2.41 bits per heavy atom. The van der Waals surface area contributed by atoms with Crippen LogP contribution in [0.2, 0.25) is 0 Å². The monoisotopic (exact) mass is 431 g/mol. The number of aromatic nitrogens is 1. The number of nitrogens with one attached hydrogen (secondary N) is 2. The first-order chi connectivity index (χ1) is 15.6. The summed E-state index contributed by atoms with van der Waals surface area (Å²) in [5, 5.41) is 5.73. The Hall–Kier alpha value is -3.87. The molecule has 0 saturated heterocycles. The third-order valence-electron chi connectivity index (χ3n) is 4.98. The number of carbonyl (C=O) groups is 2. The molecule has 7 heteroatoms. The van der Waals surface area contributed by atoms with Gasteiger partial charge in [0.1, 0.15) is 0 Å². The van der Waals surface area contributed by atoms with Gasteiger partial charge in [-0.25, -0.2) is 4.98 Å². The number of rotatable bonds is 9. The fourth-order valence-corrected chi connectivity index (χ4v) is 3.08. The third kappa shape index (κ3) is 5.63. The van der Waals surface area contributed by atoms with Crippen LogP contribution in [0, 0.1) is 5.92 Å². The summed E-state index contributed by atoms with van der Waals surface area (Å²) in [6.45, 7) is 2.80. The van der Waals surface area contributed by atoms with Crippen LogP contribution in [0.3, 0.4) is 0 Å². The molecule has 0 atom stereocenters. The number of para-hydroxylation sites is 2. The van der Waals surface area contributed by atoms with E-state index in [1.54, 1.807) is 36.5 Å². The van der Waals surface area contributed by atoms with Crippen LogP contribution in [0.5, 0.6) is 17.4 Å². The summed E-state index contributed by atoms with van der Waals surface area (Å²) in [5.74, 6) is 1.68. The van der Waals surface area contributed by atoms with Crippen molar-refractivity contribution in [2.75, 3.05) is 11.9 Å². The van der Waals surface area contributed by atoms with Gasteiger partial charge in [-0.2, -0.15) is 0 Å². The summed E-state index contributed by atoms with van der Waals surface area (Å²) in [4.78, 5) is 28.5. The lowest BCUT2D eigenvalue weighted by Crippen LogP contribution is -2.22. The molecule has 1 aromatic heterocycles. The second kappa shape index (κ2) is 9.96. The Bertz CT molecular complexity index is 1080. The van der Waals surface area contributed by atoms with Crippen molar-refractivity contribution in [1.82, 2.24) is 10.3 Å². The summed E-state index contributed by atoms with van der Waals surface area (Å²) in [6.07, 6.45) is 3.57. The molecule has 4 rings (SSSR count). The number of carbonyl (C=O) groups excluding carboxylic acids is 2. The van der Waals surface area contributed by atoms with Crippen LogP contribution >= 0.6 is 0 Å². The minimum atomic E-state index is -0.198. The van der Waals surface area contributed by atoms with Crippen molar-refractivity contribution in [2.45, 2.75) is 26.3 Å². The average Bonchev–Trinajstić information content (AvgIpc) is 3.66. The number of hydrogen-bond acceptors (Lipinski definition) is 5. The highest BCUT2D eigenvalue weighted by atomic mass is 16.5. The van der Waals surface area contributed by atoms with E-state index in [1.807, 2.05) is 37.3 Å². The number of ether oxygens (including phenoxy) is 2. The summed E-state index contributed by atoms with van der Waals surface area (Å²) in [7, 11) is 0. The Morgan fingerprint density at radius 2 is 1.75 bits per heavy atom. The molecule has 1 fully saturated rings. The van der Waals surface area contributed by atoms with E-state index in [-0.39, 0.29) is 17.7 Å². The minimum Gasteiger partial charge on any atom is -0.490 e. The van der Waals surface area contributed by atoms with Crippen molar-refractivity contribution in [1.29, 1.82) is 0 Å². The van der Waals surface area contributed by atoms with Crippen LogP contribution in [0.4, 0.5) is 5.69 Å². The van der Waals surface area contributed by atoms with Gasteiger partial charge in [-0.05, 0) is 61.7 Å². The normalized spacial score (nSPS) is 12.7. The first kappa shape index (κ1) is 21.4. The maximum atomic E-state index is 12.4. The van der Waals surface area contributed by atoms with E-state index in [2.05, 4.69) is 15.6 Å². The molecule has 1 aliphatic rings. The van der Waals surface area contributed by atoms with Gasteiger partial charge in [0, 0.05) is 36.0 Å². The van der Waals surface area contributed by atoms with Crippen LogP contribution in [0.15, 0.2) is 66.9 Å². The van der Waals surface area contributed by atoms with Gasteiger partial charge in [-0.3, -0.25) is 9.59 Å². The van der Waals surface area contributed by atoms with Crippen LogP contribution in [0.1, 0.15) is 35.7 Å². The van der Waals surface area contributed by atoms with Gasteiger partial charge in [-0.15, -0.1) is 0 Å². The highest BCUT2D eigenvalue weighted by Crippen LogP contribution is 2.31. The number of benzene rings is 2. The first-order valence-corrected chi connectivity index (χ1v) is 10.7. The van der Waals surface area contributed by atoms with E-state index in [4.69, 9.17) is 9.47 Å². The van der Waals surface area contributed by atoms with Crippen molar-refractivity contribution in [3.8, 4) is 17.4 Å². The first-order valence-electron chi connectivity index (χ1n) is 10.7. The Labute approximate surface area is 186 Å². The second-order valence-electron chi connectivity index (χ2n) is 7.51. The van der Waals surface area contributed by atoms with Crippen molar-refractivity contribution in [3.63, 3.8) is 0 Å². The molecular weight excluding hydrogens is 406 g/mol. The molecule has 1 aliphatic carbocycles. The van der Waals surface area contributed by atoms with Gasteiger partial charge in [0.05, 0.1) is 6.61 Å². The summed E-state index contributed by atoms with van der Waals surface area (Å²) >= 11 is 0. The molecule has 1 heterocycles. The zero-order chi connectivity index (χ0) is 22.3. The van der Waals surface area contributed by atoms with Gasteiger partial charge in [0.25, 0.3) is 5.91 Å². The number of pyridine rings is 1. The maximum absolute atomic E-state index is 12.4. The van der Waals surface area contributed by atoms with E-state index >= 15 is 0 Å². The lowest BCUT2D eigenvalue weighted by molar-refractivity contribution is -0.117. The Morgan fingerprint density at radius 1 is 1.00 bits per heavy atom. The molecular formula is C25H25N3O4. The molecule has 0 aliphatic heterocycles. The van der Waals surface area contributed by atoms with E-state index in [1.165, 1.54) is 0 Å². The number of anilines is 1. The lowest BCUT2D eigenvalue weighted by Gasteiger charge is -2.11. The fourth-order valence-electron chi connectivity index (χ4n) is 3.08. The SMILES string of the molecule is CCOc1ccccc1Oc1ccc(CNC(=O)c2ccc(NC(=O)C3CC3)cc2)cn1. The summed E-state index contributed by atoms with van der Waals surface area (Å²) < 4.78 is 11.4. The Balaban J connectivity index is 1.29. The maximum Gasteiger partial charge on any atom is 0.251 e. The predicted molar refractivity (Wildman–Crippen MR) is 121 cm³/mol. The fraction of sp³-hybridized carbons (Fsp3) is 0.240. The number of amides is 2. The van der Waals surface area contributed by atoms with Gasteiger partial charge < -0.3 is 20.1 Å². The molecule has 2 amide bonds. The van der Waals surface area contributed by atoms with Crippen molar-refractivity contribution in [3.05, 3.63) is 78.0 Å². The molecule has 2 aromatic carbocycles. The van der Waals surface area contributed by atoms with Crippen LogP contribution in [0.25, 0.3) is 0 Å². The molecule has 0 bridgehead atoms. The van der Waals surface area contributed by atoms with Crippen LogP contribution in [-0.2, 0) is 11.3 Å². The van der Waals surface area contributed by atoms with E-state index < -0.39 is 0 Å². The van der Waals surface area contributed by atoms with Crippen molar-refractivity contribution < 1.29 is 19.1 Å². The van der Waals surface area contributed by atoms with Crippen LogP contribution in [-0.4, -0.2) is 23.4 Å². The van der Waals surface area contributed by atoms with Gasteiger partial charge in [0.2, 0.25) is 11.8 Å². The molecule has 32 heavy (non-hydrogen) atoms. The molecule has 7 nitrogen and oxygen atoms in total. The van der Waals surface area contributed by atoms with E-state index in [0.29, 0.717) is 41.8 Å². The summed E-state index contributed by atoms with van der Waals surface area (Å²) in [5.41, 5.74) is 2.07. The summed E-state index contributed by atoms with van der Waals surface area (Å²) in [6, 6.07) is 17.9. The second-order valence-corrected chi connectivity index (χ2v) is 7.51. The van der Waals surface area contributed by atoms with E-state index in [0.717, 1.165) is 18.4 Å². The van der Waals surface area contributed by atoms with E-state index in [9.17, 15) is 9.59 Å². The smallest absolute Gasteiger partial charge is 0.251 e. The molecule has 2 N–H and O–H groups in total. The minimum absolute atomic E-state index is 0.0449. The molecule has 3 aromatic rings. The molecule has 1 saturated carbocycles. The van der Waals surface area contributed by atoms with Crippen molar-refractivity contribution in [2.24, 2.45) is 5.92 Å². The molecule has 164 valence electrons. The highest BCUT2D eigenvalue weighted by Gasteiger charge is 2.29. The zero-order valence-electron chi connectivity index (χ0n) is 17.8. The van der Waals surface area contributed by atoms with Crippen LogP contribution < -0.4 is 20.1 Å². The average molecular weight is 431 g/mol. The number of nitrogens with zero attached hydrogens (tertiary/aromatic N) is 1. The van der Waals surface area contributed by atoms with Crippen molar-refractivity contribution >= 4 is 17.5 Å². The number of hydrogen-bond donors (Lipinski definition) is 2. The molecule has 0 unspecified atom stereocenters. The quantitative estimate of drug-likeness (QED) is 0.519. The lowest BCUT2D eigenvalue weighted by atomic mass is 10.2. The topological polar surface area (TPSA) is 89.5 Å². The molecule has 0 spiro atoms. The van der Waals surface area contributed by atoms with Gasteiger partial charge >= 0.3 is 0 Å². The third-order valence-corrected chi connectivity index (χ3v) is 4.98. The van der Waals surface area contributed by atoms with Gasteiger partial charge in [-0.1, -0.05) is 18.2 Å². The molecule has 0 radical (unpaired) electrons.